The minimum absolute atomic E-state index is 0.0154. The van der Waals surface area contributed by atoms with Crippen molar-refractivity contribution in [3.63, 3.8) is 0 Å². The van der Waals surface area contributed by atoms with E-state index in [2.05, 4.69) is 10.6 Å². The molecule has 0 unspecified atom stereocenters. The number of esters is 1. The Bertz CT molecular complexity index is 714. The Morgan fingerprint density at radius 1 is 1.19 bits per heavy atom. The number of carbonyl (C=O) groups is 3. The third-order valence-corrected chi connectivity index (χ3v) is 3.66. The highest BCUT2D eigenvalue weighted by atomic mass is 16.6. The van der Waals surface area contributed by atoms with Crippen molar-refractivity contribution in [3.8, 4) is 11.5 Å². The summed E-state index contributed by atoms with van der Waals surface area (Å²) in [5.41, 5.74) is 0.701. The summed E-state index contributed by atoms with van der Waals surface area (Å²) < 4.78 is 16.2. The zero-order chi connectivity index (χ0) is 20.0. The van der Waals surface area contributed by atoms with Gasteiger partial charge in [-0.05, 0) is 33.8 Å². The van der Waals surface area contributed by atoms with Crippen molar-refractivity contribution in [3.05, 3.63) is 23.8 Å². The summed E-state index contributed by atoms with van der Waals surface area (Å²) in [6.45, 7) is 6.59. The molecule has 0 aromatic heterocycles. The van der Waals surface area contributed by atoms with Crippen molar-refractivity contribution in [1.82, 2.24) is 10.6 Å². The van der Waals surface area contributed by atoms with Gasteiger partial charge in [0.2, 0.25) is 5.91 Å². The van der Waals surface area contributed by atoms with E-state index in [1.165, 1.54) is 0 Å². The second-order valence-electron chi connectivity index (χ2n) is 7.23. The molecule has 0 bridgehead atoms. The predicted molar refractivity (Wildman–Crippen MR) is 97.6 cm³/mol. The van der Waals surface area contributed by atoms with Crippen LogP contribution in [0.1, 0.15) is 33.3 Å². The fraction of sp³-hybridized carbons (Fsp3) is 0.526. The first-order valence-corrected chi connectivity index (χ1v) is 8.81. The third-order valence-electron chi connectivity index (χ3n) is 3.66. The first kappa shape index (κ1) is 20.5. The Kier molecular flexibility index (Phi) is 6.65. The van der Waals surface area contributed by atoms with E-state index in [0.29, 0.717) is 11.5 Å². The molecule has 2 N–H and O–H groups in total. The van der Waals surface area contributed by atoms with E-state index in [-0.39, 0.29) is 30.7 Å². The molecule has 0 atom stereocenters. The van der Waals surface area contributed by atoms with Crippen LogP contribution in [-0.2, 0) is 25.5 Å². The molecule has 8 heteroatoms. The van der Waals surface area contributed by atoms with Crippen molar-refractivity contribution in [2.24, 2.45) is 0 Å². The number of amides is 2. The van der Waals surface area contributed by atoms with E-state index >= 15 is 0 Å². The number of ether oxygens (including phenoxy) is 3. The van der Waals surface area contributed by atoms with Gasteiger partial charge in [-0.25, -0.2) is 4.79 Å². The first-order valence-electron chi connectivity index (χ1n) is 8.81. The molecule has 1 aromatic carbocycles. The van der Waals surface area contributed by atoms with E-state index in [1.807, 2.05) is 39.8 Å². The molecule has 1 aromatic rings. The number of hydrogen-bond acceptors (Lipinski definition) is 6. The Balaban J connectivity index is 1.73. The molecule has 2 amide bonds. The van der Waals surface area contributed by atoms with Crippen LogP contribution in [0.4, 0.5) is 0 Å². The molecule has 148 valence electrons. The number of nitrogens with one attached hydrogen (secondary N) is 2. The van der Waals surface area contributed by atoms with E-state index in [0.717, 1.165) is 12.0 Å². The molecule has 27 heavy (non-hydrogen) atoms. The van der Waals surface area contributed by atoms with Crippen LogP contribution < -0.4 is 20.1 Å². The second kappa shape index (κ2) is 8.75. The van der Waals surface area contributed by atoms with Gasteiger partial charge in [0.1, 0.15) is 5.60 Å². The van der Waals surface area contributed by atoms with Gasteiger partial charge in [0.15, 0.2) is 24.7 Å². The molecule has 2 rings (SSSR count). The zero-order valence-electron chi connectivity index (χ0n) is 16.1. The monoisotopic (exact) mass is 378 g/mol. The van der Waals surface area contributed by atoms with Crippen LogP contribution in [0.5, 0.6) is 11.5 Å². The Morgan fingerprint density at radius 3 is 2.63 bits per heavy atom. The van der Waals surface area contributed by atoms with E-state index in [1.54, 1.807) is 6.07 Å². The van der Waals surface area contributed by atoms with Crippen molar-refractivity contribution in [2.45, 2.75) is 45.8 Å². The van der Waals surface area contributed by atoms with Gasteiger partial charge >= 0.3 is 5.97 Å². The van der Waals surface area contributed by atoms with E-state index < -0.39 is 18.5 Å². The number of fused-ring (bicyclic) bond motifs is 1. The van der Waals surface area contributed by atoms with Crippen molar-refractivity contribution >= 4 is 17.8 Å². The van der Waals surface area contributed by atoms with Crippen molar-refractivity contribution < 1.29 is 28.6 Å². The molecule has 0 aliphatic carbocycles. The third kappa shape index (κ3) is 6.47. The summed E-state index contributed by atoms with van der Waals surface area (Å²) in [4.78, 5) is 34.8. The van der Waals surface area contributed by atoms with Crippen molar-refractivity contribution in [2.75, 3.05) is 19.8 Å². The van der Waals surface area contributed by atoms with Crippen LogP contribution in [-0.4, -0.2) is 49.2 Å². The lowest BCUT2D eigenvalue weighted by Gasteiger charge is -2.18. The molecule has 0 radical (unpaired) electrons. The van der Waals surface area contributed by atoms with Gasteiger partial charge in [-0.2, -0.15) is 0 Å². The summed E-state index contributed by atoms with van der Waals surface area (Å²) in [5.74, 6) is -0.470. The fourth-order valence-electron chi connectivity index (χ4n) is 2.63. The number of hydrogen-bond donors (Lipinski definition) is 2. The molecule has 8 nitrogen and oxygen atoms in total. The lowest BCUT2D eigenvalue weighted by Crippen LogP contribution is -2.41. The number of rotatable bonds is 8. The number of benzene rings is 1. The van der Waals surface area contributed by atoms with Crippen LogP contribution in [0.2, 0.25) is 0 Å². The van der Waals surface area contributed by atoms with E-state index in [9.17, 15) is 14.4 Å². The molecule has 1 heterocycles. The molecular weight excluding hydrogens is 352 g/mol. The zero-order valence-corrected chi connectivity index (χ0v) is 16.1. The average Bonchev–Trinajstić information content (AvgIpc) is 2.90. The van der Waals surface area contributed by atoms with Crippen LogP contribution in [0.15, 0.2) is 18.2 Å². The highest BCUT2D eigenvalue weighted by Gasteiger charge is 2.32. The lowest BCUT2D eigenvalue weighted by atomic mass is 10.0. The second-order valence-corrected chi connectivity index (χ2v) is 7.23. The predicted octanol–water partition coefficient (Wildman–Crippen LogP) is 0.963. The lowest BCUT2D eigenvalue weighted by molar-refractivity contribution is -0.150. The maximum absolute atomic E-state index is 11.8. The van der Waals surface area contributed by atoms with Crippen LogP contribution in [0.25, 0.3) is 0 Å². The average molecular weight is 378 g/mol. The molecule has 0 saturated carbocycles. The minimum atomic E-state index is -0.688. The molecule has 1 aliphatic heterocycles. The number of carbonyl (C=O) groups excluding carboxylic acids is 3. The van der Waals surface area contributed by atoms with Gasteiger partial charge in [-0.15, -0.1) is 0 Å². The highest BCUT2D eigenvalue weighted by molar-refractivity contribution is 5.86. The normalized spacial score (nSPS) is 14.1. The topological polar surface area (TPSA) is 103 Å². The first-order chi connectivity index (χ1) is 12.7. The summed E-state index contributed by atoms with van der Waals surface area (Å²) in [5, 5.41) is 5.01. The van der Waals surface area contributed by atoms with Gasteiger partial charge in [0.25, 0.3) is 5.91 Å². The Morgan fingerprint density at radius 2 is 1.93 bits per heavy atom. The van der Waals surface area contributed by atoms with Gasteiger partial charge in [-0.3, -0.25) is 9.59 Å². The quantitative estimate of drug-likeness (QED) is 0.653. The van der Waals surface area contributed by atoms with Gasteiger partial charge in [0, 0.05) is 18.0 Å². The summed E-state index contributed by atoms with van der Waals surface area (Å²) in [6, 6.07) is 5.49. The van der Waals surface area contributed by atoms with Gasteiger partial charge in [-0.1, -0.05) is 12.1 Å². The molecular formula is C19H26N2O6. The van der Waals surface area contributed by atoms with Crippen LogP contribution >= 0.6 is 0 Å². The van der Waals surface area contributed by atoms with Crippen molar-refractivity contribution in [1.29, 1.82) is 0 Å². The molecule has 0 fully saturated rings. The maximum Gasteiger partial charge on any atom is 0.344 e. The Hall–Kier alpha value is -2.77. The standard InChI is InChI=1S/C19H26N2O6/c1-12(2)21-15(22)9-20-16(23)10-26-17(24)11-25-14-7-5-6-13-8-19(3,4)27-18(13)14/h5-7,12H,8-11H2,1-4H3,(H,20,23)(H,21,22). The fourth-order valence-corrected chi connectivity index (χ4v) is 2.63. The van der Waals surface area contributed by atoms with E-state index in [4.69, 9.17) is 14.2 Å². The molecule has 1 aliphatic rings. The van der Waals surface area contributed by atoms with Gasteiger partial charge < -0.3 is 24.8 Å². The summed E-state index contributed by atoms with van der Waals surface area (Å²) in [7, 11) is 0. The SMILES string of the molecule is CC(C)NC(=O)CNC(=O)COC(=O)COc1cccc2c1OC(C)(C)C2. The smallest absolute Gasteiger partial charge is 0.344 e. The van der Waals surface area contributed by atoms with Gasteiger partial charge in [0.05, 0.1) is 6.54 Å². The van der Waals surface area contributed by atoms with Crippen LogP contribution in [0.3, 0.4) is 0 Å². The largest absolute Gasteiger partial charge is 0.483 e. The number of para-hydroxylation sites is 1. The summed E-state index contributed by atoms with van der Waals surface area (Å²) >= 11 is 0. The minimum Gasteiger partial charge on any atom is -0.483 e. The Labute approximate surface area is 158 Å². The molecule has 0 saturated heterocycles. The summed E-state index contributed by atoms with van der Waals surface area (Å²) in [6.07, 6.45) is 0.758. The maximum atomic E-state index is 11.8. The highest BCUT2D eigenvalue weighted by Crippen LogP contribution is 2.41. The molecule has 0 spiro atoms. The van der Waals surface area contributed by atoms with Crippen LogP contribution in [0, 0.1) is 0 Å².